The van der Waals surface area contributed by atoms with E-state index < -0.39 is 6.29 Å². The van der Waals surface area contributed by atoms with Gasteiger partial charge in [-0.15, -0.1) is 0 Å². The SMILES string of the molecule is COC[C@H]1O[C@@H](O)C[C@@H](OC)[C@H]1OC. The van der Waals surface area contributed by atoms with Crippen LogP contribution in [0.25, 0.3) is 0 Å². The highest BCUT2D eigenvalue weighted by molar-refractivity contribution is 4.84. The highest BCUT2D eigenvalue weighted by Gasteiger charge is 2.38. The predicted octanol–water partition coefficient (Wildman–Crippen LogP) is -0.230. The van der Waals surface area contributed by atoms with Crippen LogP contribution in [0.2, 0.25) is 0 Å². The maximum Gasteiger partial charge on any atom is 0.157 e. The number of aliphatic hydroxyl groups is 1. The monoisotopic (exact) mass is 206 g/mol. The molecule has 1 N–H and O–H groups in total. The molecule has 0 aromatic carbocycles. The minimum Gasteiger partial charge on any atom is -0.382 e. The molecule has 0 saturated carbocycles. The van der Waals surface area contributed by atoms with Crippen molar-refractivity contribution in [3.8, 4) is 0 Å². The Morgan fingerprint density at radius 1 is 1.29 bits per heavy atom. The predicted molar refractivity (Wildman–Crippen MR) is 49.0 cm³/mol. The van der Waals surface area contributed by atoms with Gasteiger partial charge < -0.3 is 24.1 Å². The first kappa shape index (κ1) is 11.9. The van der Waals surface area contributed by atoms with Crippen LogP contribution in [0.4, 0.5) is 0 Å². The average molecular weight is 206 g/mol. The molecular weight excluding hydrogens is 188 g/mol. The Morgan fingerprint density at radius 3 is 2.50 bits per heavy atom. The lowest BCUT2D eigenvalue weighted by molar-refractivity contribution is -0.250. The van der Waals surface area contributed by atoms with Crippen LogP contribution in [0.1, 0.15) is 6.42 Å². The number of rotatable bonds is 4. The maximum atomic E-state index is 9.41. The second kappa shape index (κ2) is 5.63. The van der Waals surface area contributed by atoms with Gasteiger partial charge in [0.2, 0.25) is 0 Å². The molecule has 0 unspecified atom stereocenters. The van der Waals surface area contributed by atoms with Gasteiger partial charge in [0.05, 0.1) is 12.7 Å². The van der Waals surface area contributed by atoms with Crippen molar-refractivity contribution in [1.29, 1.82) is 0 Å². The van der Waals surface area contributed by atoms with Crippen molar-refractivity contribution in [3.63, 3.8) is 0 Å². The van der Waals surface area contributed by atoms with E-state index in [1.54, 1.807) is 21.3 Å². The van der Waals surface area contributed by atoms with E-state index in [0.29, 0.717) is 13.0 Å². The minimum absolute atomic E-state index is 0.149. The van der Waals surface area contributed by atoms with Gasteiger partial charge in [-0.05, 0) is 0 Å². The second-order valence-corrected chi connectivity index (χ2v) is 3.29. The molecule has 1 aliphatic heterocycles. The number of aliphatic hydroxyl groups excluding tert-OH is 1. The smallest absolute Gasteiger partial charge is 0.157 e. The van der Waals surface area contributed by atoms with Crippen LogP contribution >= 0.6 is 0 Å². The first-order valence-corrected chi connectivity index (χ1v) is 4.61. The third kappa shape index (κ3) is 2.65. The van der Waals surface area contributed by atoms with Gasteiger partial charge in [-0.1, -0.05) is 0 Å². The fraction of sp³-hybridized carbons (Fsp3) is 1.00. The quantitative estimate of drug-likeness (QED) is 0.688. The molecule has 1 aliphatic rings. The molecule has 0 radical (unpaired) electrons. The zero-order valence-corrected chi connectivity index (χ0v) is 8.80. The van der Waals surface area contributed by atoms with Gasteiger partial charge in [-0.3, -0.25) is 0 Å². The molecule has 0 aromatic rings. The van der Waals surface area contributed by atoms with Crippen LogP contribution in [-0.4, -0.2) is 57.6 Å². The number of ether oxygens (including phenoxy) is 4. The lowest BCUT2D eigenvalue weighted by Gasteiger charge is -2.38. The molecule has 0 aromatic heterocycles. The summed E-state index contributed by atoms with van der Waals surface area (Å²) in [5, 5.41) is 9.41. The van der Waals surface area contributed by atoms with Crippen molar-refractivity contribution in [2.45, 2.75) is 31.0 Å². The highest BCUT2D eigenvalue weighted by atomic mass is 16.6. The summed E-state index contributed by atoms with van der Waals surface area (Å²) in [4.78, 5) is 0. The molecule has 5 nitrogen and oxygen atoms in total. The van der Waals surface area contributed by atoms with E-state index in [4.69, 9.17) is 18.9 Å². The molecule has 0 amide bonds. The van der Waals surface area contributed by atoms with E-state index in [2.05, 4.69) is 0 Å². The molecule has 0 spiro atoms. The van der Waals surface area contributed by atoms with Crippen LogP contribution in [0.5, 0.6) is 0 Å². The molecule has 1 saturated heterocycles. The minimum atomic E-state index is -0.800. The average Bonchev–Trinajstić information content (AvgIpc) is 2.17. The molecule has 1 fully saturated rings. The highest BCUT2D eigenvalue weighted by Crippen LogP contribution is 2.23. The van der Waals surface area contributed by atoms with E-state index in [0.717, 1.165) is 0 Å². The summed E-state index contributed by atoms with van der Waals surface area (Å²) in [6.07, 6.45) is -0.993. The van der Waals surface area contributed by atoms with E-state index in [1.807, 2.05) is 0 Å². The Balaban J connectivity index is 2.60. The Kier molecular flexibility index (Phi) is 4.77. The Labute approximate surface area is 83.9 Å². The summed E-state index contributed by atoms with van der Waals surface area (Å²) < 4.78 is 20.8. The van der Waals surface area contributed by atoms with Gasteiger partial charge in [0.1, 0.15) is 12.2 Å². The van der Waals surface area contributed by atoms with Crippen molar-refractivity contribution < 1.29 is 24.1 Å². The lowest BCUT2D eigenvalue weighted by Crippen LogP contribution is -2.51. The molecule has 4 atom stereocenters. The summed E-state index contributed by atoms with van der Waals surface area (Å²) in [5.41, 5.74) is 0. The van der Waals surface area contributed by atoms with Gasteiger partial charge in [0.25, 0.3) is 0 Å². The van der Waals surface area contributed by atoms with Gasteiger partial charge in [-0.2, -0.15) is 0 Å². The maximum absolute atomic E-state index is 9.41. The third-order valence-corrected chi connectivity index (χ3v) is 2.40. The van der Waals surface area contributed by atoms with Gasteiger partial charge in [-0.25, -0.2) is 0 Å². The Morgan fingerprint density at radius 2 is 2.00 bits per heavy atom. The summed E-state index contributed by atoms with van der Waals surface area (Å²) in [6, 6.07) is 0. The molecule has 0 aliphatic carbocycles. The molecule has 14 heavy (non-hydrogen) atoms. The van der Waals surface area contributed by atoms with Crippen molar-refractivity contribution in [2.24, 2.45) is 0 Å². The molecule has 84 valence electrons. The third-order valence-electron chi connectivity index (χ3n) is 2.40. The van der Waals surface area contributed by atoms with E-state index in [-0.39, 0.29) is 18.3 Å². The van der Waals surface area contributed by atoms with Gasteiger partial charge >= 0.3 is 0 Å². The largest absolute Gasteiger partial charge is 0.382 e. The van der Waals surface area contributed by atoms with Crippen LogP contribution in [-0.2, 0) is 18.9 Å². The fourth-order valence-electron chi connectivity index (χ4n) is 1.74. The zero-order valence-electron chi connectivity index (χ0n) is 8.80. The Hall–Kier alpha value is -0.200. The van der Waals surface area contributed by atoms with Crippen LogP contribution in [0, 0.1) is 0 Å². The van der Waals surface area contributed by atoms with Gasteiger partial charge in [0, 0.05) is 27.8 Å². The summed E-state index contributed by atoms with van der Waals surface area (Å²) in [7, 11) is 4.78. The molecular formula is C9H18O5. The summed E-state index contributed by atoms with van der Waals surface area (Å²) >= 11 is 0. The van der Waals surface area contributed by atoms with E-state index in [1.165, 1.54) is 0 Å². The van der Waals surface area contributed by atoms with Crippen molar-refractivity contribution in [2.75, 3.05) is 27.9 Å². The van der Waals surface area contributed by atoms with Gasteiger partial charge in [0.15, 0.2) is 6.29 Å². The van der Waals surface area contributed by atoms with E-state index >= 15 is 0 Å². The number of methoxy groups -OCH3 is 3. The standard InChI is InChI=1S/C9H18O5/c1-11-5-7-9(13-3)6(12-2)4-8(10)14-7/h6-10H,4-5H2,1-3H3/t6-,7-,8-,9-/m1/s1. The molecule has 5 heteroatoms. The number of hydrogen-bond donors (Lipinski definition) is 1. The molecule has 0 bridgehead atoms. The Bertz CT molecular complexity index is 163. The van der Waals surface area contributed by atoms with Crippen molar-refractivity contribution >= 4 is 0 Å². The molecule has 1 rings (SSSR count). The first-order chi connectivity index (χ1) is 6.72. The summed E-state index contributed by atoms with van der Waals surface area (Å²) in [5.74, 6) is 0. The topological polar surface area (TPSA) is 57.2 Å². The fourth-order valence-corrected chi connectivity index (χ4v) is 1.74. The number of hydrogen-bond acceptors (Lipinski definition) is 5. The van der Waals surface area contributed by atoms with Crippen LogP contribution in [0.3, 0.4) is 0 Å². The second-order valence-electron chi connectivity index (χ2n) is 3.29. The lowest BCUT2D eigenvalue weighted by atomic mass is 10.0. The summed E-state index contributed by atoms with van der Waals surface area (Å²) in [6.45, 7) is 0.384. The molecule has 1 heterocycles. The van der Waals surface area contributed by atoms with Crippen molar-refractivity contribution in [1.82, 2.24) is 0 Å². The first-order valence-electron chi connectivity index (χ1n) is 4.61. The normalized spacial score (nSPS) is 38.6. The van der Waals surface area contributed by atoms with Crippen molar-refractivity contribution in [3.05, 3.63) is 0 Å². The van der Waals surface area contributed by atoms with Crippen LogP contribution < -0.4 is 0 Å². The zero-order chi connectivity index (χ0) is 10.6. The van der Waals surface area contributed by atoms with E-state index in [9.17, 15) is 5.11 Å². The van der Waals surface area contributed by atoms with Crippen LogP contribution in [0.15, 0.2) is 0 Å².